The number of nitrogen functional groups attached to an aromatic ring is 1. The van der Waals surface area contributed by atoms with Gasteiger partial charge in [0.1, 0.15) is 11.6 Å². The smallest absolute Gasteiger partial charge is 0.234 e. The number of carbonyl (C=O) groups excluding carboxylic acids is 1. The third-order valence-corrected chi connectivity index (χ3v) is 3.53. The molecule has 0 radical (unpaired) electrons. The number of amides is 1. The normalized spacial score (nSPS) is 10.3. The molecule has 3 N–H and O–H groups in total. The number of hydrogen-bond acceptors (Lipinski definition) is 3. The molecule has 0 saturated heterocycles. The molecule has 3 nitrogen and oxygen atoms in total. The van der Waals surface area contributed by atoms with E-state index in [9.17, 15) is 13.6 Å². The maximum absolute atomic E-state index is 13.4. The topological polar surface area (TPSA) is 55.1 Å². The van der Waals surface area contributed by atoms with Crippen LogP contribution in [0.2, 0.25) is 0 Å². The zero-order valence-corrected chi connectivity index (χ0v) is 11.2. The van der Waals surface area contributed by atoms with Crippen molar-refractivity contribution in [3.05, 3.63) is 54.1 Å². The first kappa shape index (κ1) is 14.3. The number of anilines is 2. The molecule has 0 unspecified atom stereocenters. The molecule has 0 bridgehead atoms. The lowest BCUT2D eigenvalue weighted by Crippen LogP contribution is -2.15. The summed E-state index contributed by atoms with van der Waals surface area (Å²) in [6, 6.07) is 9.89. The fourth-order valence-electron chi connectivity index (χ4n) is 1.53. The van der Waals surface area contributed by atoms with Crippen LogP contribution in [0.1, 0.15) is 0 Å². The maximum Gasteiger partial charge on any atom is 0.234 e. The molecule has 0 saturated carbocycles. The Bertz CT molecular complexity index is 634. The van der Waals surface area contributed by atoms with Gasteiger partial charge in [0, 0.05) is 4.90 Å². The molecular formula is C14H12F2N2OS. The first-order valence-corrected chi connectivity index (χ1v) is 6.77. The van der Waals surface area contributed by atoms with Crippen molar-refractivity contribution in [2.45, 2.75) is 4.90 Å². The van der Waals surface area contributed by atoms with Gasteiger partial charge in [-0.2, -0.15) is 0 Å². The number of rotatable bonds is 4. The summed E-state index contributed by atoms with van der Waals surface area (Å²) in [5.74, 6) is -1.24. The molecule has 0 aliphatic carbocycles. The molecule has 104 valence electrons. The van der Waals surface area contributed by atoms with Crippen molar-refractivity contribution in [2.75, 3.05) is 16.8 Å². The average Bonchev–Trinajstić information content (AvgIpc) is 2.42. The van der Waals surface area contributed by atoms with Gasteiger partial charge in [-0.3, -0.25) is 4.79 Å². The minimum Gasteiger partial charge on any atom is -0.397 e. The molecular weight excluding hydrogens is 282 g/mol. The van der Waals surface area contributed by atoms with Crippen molar-refractivity contribution < 1.29 is 13.6 Å². The lowest BCUT2D eigenvalue weighted by Gasteiger charge is -2.08. The third kappa shape index (κ3) is 3.71. The van der Waals surface area contributed by atoms with Gasteiger partial charge in [0.2, 0.25) is 5.91 Å². The Hall–Kier alpha value is -2.08. The molecule has 0 atom stereocenters. The third-order valence-electron chi connectivity index (χ3n) is 2.48. The summed E-state index contributed by atoms with van der Waals surface area (Å²) in [4.78, 5) is 12.1. The second-order valence-corrected chi connectivity index (χ2v) is 5.02. The lowest BCUT2D eigenvalue weighted by molar-refractivity contribution is -0.113. The highest BCUT2D eigenvalue weighted by Gasteiger charge is 2.09. The van der Waals surface area contributed by atoms with E-state index in [0.717, 1.165) is 17.8 Å². The molecule has 2 rings (SSSR count). The van der Waals surface area contributed by atoms with Gasteiger partial charge >= 0.3 is 0 Å². The summed E-state index contributed by atoms with van der Waals surface area (Å²) >= 11 is 1.06. The van der Waals surface area contributed by atoms with Crippen LogP contribution in [-0.4, -0.2) is 11.7 Å². The van der Waals surface area contributed by atoms with E-state index in [-0.39, 0.29) is 28.9 Å². The van der Waals surface area contributed by atoms with Gasteiger partial charge in [-0.05, 0) is 30.3 Å². The molecule has 0 fully saturated rings. The Kier molecular flexibility index (Phi) is 4.57. The molecule has 6 heteroatoms. The molecule has 0 spiro atoms. The highest BCUT2D eigenvalue weighted by atomic mass is 32.2. The van der Waals surface area contributed by atoms with E-state index in [2.05, 4.69) is 5.32 Å². The number of thioether (sulfide) groups is 1. The molecule has 0 aliphatic heterocycles. The highest BCUT2D eigenvalue weighted by Crippen LogP contribution is 2.23. The van der Waals surface area contributed by atoms with E-state index in [1.54, 1.807) is 18.2 Å². The summed E-state index contributed by atoms with van der Waals surface area (Å²) in [5, 5.41) is 2.49. The summed E-state index contributed by atoms with van der Waals surface area (Å²) in [6.45, 7) is 0. The van der Waals surface area contributed by atoms with Gasteiger partial charge in [-0.1, -0.05) is 12.1 Å². The summed E-state index contributed by atoms with van der Waals surface area (Å²) in [5.41, 5.74) is 6.11. The Morgan fingerprint density at radius 2 is 1.95 bits per heavy atom. The maximum atomic E-state index is 13.4. The number of benzene rings is 2. The molecule has 2 aromatic rings. The van der Waals surface area contributed by atoms with Crippen molar-refractivity contribution in [1.29, 1.82) is 0 Å². The average molecular weight is 294 g/mol. The van der Waals surface area contributed by atoms with Crippen molar-refractivity contribution in [1.82, 2.24) is 0 Å². The van der Waals surface area contributed by atoms with Crippen molar-refractivity contribution in [3.8, 4) is 0 Å². The first-order valence-electron chi connectivity index (χ1n) is 5.78. The van der Waals surface area contributed by atoms with Crippen LogP contribution in [0.25, 0.3) is 0 Å². The van der Waals surface area contributed by atoms with Gasteiger partial charge in [-0.25, -0.2) is 8.78 Å². The minimum absolute atomic E-state index is 0.0108. The van der Waals surface area contributed by atoms with E-state index < -0.39 is 5.82 Å². The molecule has 20 heavy (non-hydrogen) atoms. The van der Waals surface area contributed by atoms with Gasteiger partial charge < -0.3 is 11.1 Å². The van der Waals surface area contributed by atoms with Crippen LogP contribution in [0.15, 0.2) is 47.4 Å². The van der Waals surface area contributed by atoms with Gasteiger partial charge in [0.15, 0.2) is 0 Å². The molecule has 2 aromatic carbocycles. The standard InChI is InChI=1S/C14H12F2N2OS/c15-9-5-6-11(17)12(7-9)18-14(19)8-20-13-4-2-1-3-10(13)16/h1-7H,8,17H2,(H,18,19). The quantitative estimate of drug-likeness (QED) is 0.672. The van der Waals surface area contributed by atoms with Crippen LogP contribution in [0.3, 0.4) is 0 Å². The van der Waals surface area contributed by atoms with E-state index >= 15 is 0 Å². The first-order chi connectivity index (χ1) is 9.56. The van der Waals surface area contributed by atoms with Crippen LogP contribution in [0.5, 0.6) is 0 Å². The highest BCUT2D eigenvalue weighted by molar-refractivity contribution is 8.00. The molecule has 0 aromatic heterocycles. The van der Waals surface area contributed by atoms with Crippen molar-refractivity contribution in [3.63, 3.8) is 0 Å². The van der Waals surface area contributed by atoms with Crippen LogP contribution in [0, 0.1) is 11.6 Å². The predicted octanol–water partition coefficient (Wildman–Crippen LogP) is 3.28. The zero-order chi connectivity index (χ0) is 14.5. The number of halogens is 2. The second kappa shape index (κ2) is 6.38. The number of nitrogens with two attached hydrogens (primary N) is 1. The Labute approximate surface area is 119 Å². The number of hydrogen-bond donors (Lipinski definition) is 2. The van der Waals surface area contributed by atoms with Gasteiger partial charge in [0.25, 0.3) is 0 Å². The van der Waals surface area contributed by atoms with E-state index in [1.165, 1.54) is 18.2 Å². The van der Waals surface area contributed by atoms with E-state index in [4.69, 9.17) is 5.73 Å². The Morgan fingerprint density at radius 1 is 1.20 bits per heavy atom. The monoisotopic (exact) mass is 294 g/mol. The van der Waals surface area contributed by atoms with Gasteiger partial charge in [-0.15, -0.1) is 11.8 Å². The fraction of sp³-hybridized carbons (Fsp3) is 0.0714. The molecule has 1 amide bonds. The van der Waals surface area contributed by atoms with E-state index in [1.807, 2.05) is 0 Å². The summed E-state index contributed by atoms with van der Waals surface area (Å²) in [6.07, 6.45) is 0. The largest absolute Gasteiger partial charge is 0.397 e. The molecule has 0 aliphatic rings. The fourth-order valence-corrected chi connectivity index (χ4v) is 2.27. The van der Waals surface area contributed by atoms with Gasteiger partial charge in [0.05, 0.1) is 17.1 Å². The van der Waals surface area contributed by atoms with Crippen molar-refractivity contribution >= 4 is 29.0 Å². The SMILES string of the molecule is Nc1ccc(F)cc1NC(=O)CSc1ccccc1F. The second-order valence-electron chi connectivity index (χ2n) is 4.00. The summed E-state index contributed by atoms with van der Waals surface area (Å²) in [7, 11) is 0. The lowest BCUT2D eigenvalue weighted by atomic mass is 10.2. The molecule has 0 heterocycles. The van der Waals surface area contributed by atoms with Crippen LogP contribution < -0.4 is 11.1 Å². The summed E-state index contributed by atoms with van der Waals surface area (Å²) < 4.78 is 26.4. The van der Waals surface area contributed by atoms with Crippen LogP contribution in [-0.2, 0) is 4.79 Å². The zero-order valence-electron chi connectivity index (χ0n) is 10.4. The predicted molar refractivity (Wildman–Crippen MR) is 76.6 cm³/mol. The minimum atomic E-state index is -0.490. The van der Waals surface area contributed by atoms with E-state index in [0.29, 0.717) is 4.90 Å². The Morgan fingerprint density at radius 3 is 2.70 bits per heavy atom. The Balaban J connectivity index is 1.96. The van der Waals surface area contributed by atoms with Crippen LogP contribution in [0.4, 0.5) is 20.2 Å². The van der Waals surface area contributed by atoms with Crippen LogP contribution >= 0.6 is 11.8 Å². The number of nitrogens with one attached hydrogen (secondary N) is 1. The van der Waals surface area contributed by atoms with Crippen molar-refractivity contribution in [2.24, 2.45) is 0 Å². The number of carbonyl (C=O) groups is 1.